The Hall–Kier alpha value is -6.68. The number of hydrogen-bond donors (Lipinski definition) is 3. The van der Waals surface area contributed by atoms with Crippen LogP contribution < -0.4 is 11.1 Å². The van der Waals surface area contributed by atoms with Gasteiger partial charge in [-0.1, -0.05) is 95.2 Å². The number of nitrogens with two attached hydrogens (primary N) is 1. The van der Waals surface area contributed by atoms with Gasteiger partial charge in [-0.3, -0.25) is 4.79 Å². The number of amides is 1. The highest BCUT2D eigenvalue weighted by Gasteiger charge is 2.12. The zero-order chi connectivity index (χ0) is 41.4. The number of nitrogens with one attached hydrogen (secondary N) is 1. The van der Waals surface area contributed by atoms with E-state index in [0.717, 1.165) is 59.8 Å². The SMILES string of the molecule is Cc1nc(-c2cccc(C(=O)NCCCc3nc(-c4ccccc4)cs3)c2)no1.Cc1nc(-c2cccc(C(=O)O)c2)no1.NCCCc1nc(-c2ccccc2)cs1. The zero-order valence-electron chi connectivity index (χ0n) is 32.4. The van der Waals surface area contributed by atoms with Crippen molar-refractivity contribution in [3.05, 3.63) is 153 Å². The molecule has 4 N–H and O–H groups in total. The summed E-state index contributed by atoms with van der Waals surface area (Å²) < 4.78 is 9.81. The van der Waals surface area contributed by atoms with Gasteiger partial charge >= 0.3 is 5.97 Å². The van der Waals surface area contributed by atoms with Gasteiger partial charge in [0, 0.05) is 71.8 Å². The van der Waals surface area contributed by atoms with Crippen LogP contribution in [0, 0.1) is 13.8 Å². The first-order chi connectivity index (χ1) is 28.7. The van der Waals surface area contributed by atoms with Crippen LogP contribution in [0.2, 0.25) is 0 Å². The van der Waals surface area contributed by atoms with Gasteiger partial charge in [-0.15, -0.1) is 22.7 Å². The maximum absolute atomic E-state index is 12.4. The monoisotopic (exact) mass is 826 g/mol. The summed E-state index contributed by atoms with van der Waals surface area (Å²) in [4.78, 5) is 40.6. The van der Waals surface area contributed by atoms with E-state index in [0.29, 0.717) is 41.1 Å². The lowest BCUT2D eigenvalue weighted by atomic mass is 10.1. The average molecular weight is 827 g/mol. The van der Waals surface area contributed by atoms with Crippen molar-refractivity contribution in [3.63, 3.8) is 0 Å². The normalized spacial score (nSPS) is 10.6. The van der Waals surface area contributed by atoms with Crippen molar-refractivity contribution in [2.75, 3.05) is 13.1 Å². The number of aryl methyl sites for hydroxylation is 4. The second-order valence-corrected chi connectivity index (χ2v) is 14.9. The lowest BCUT2D eigenvalue weighted by Gasteiger charge is -2.05. The Morgan fingerprint density at radius 3 is 1.58 bits per heavy atom. The van der Waals surface area contributed by atoms with Gasteiger partial charge in [0.2, 0.25) is 23.4 Å². The Morgan fingerprint density at radius 2 is 1.10 bits per heavy atom. The van der Waals surface area contributed by atoms with E-state index in [2.05, 4.69) is 70.6 Å². The predicted octanol–water partition coefficient (Wildman–Crippen LogP) is 8.98. The number of aromatic carboxylic acids is 1. The molecule has 4 aromatic carbocycles. The van der Waals surface area contributed by atoms with Crippen molar-refractivity contribution < 1.29 is 23.7 Å². The molecule has 4 aromatic heterocycles. The fourth-order valence-corrected chi connectivity index (χ4v) is 7.25. The molecule has 0 spiro atoms. The van der Waals surface area contributed by atoms with Crippen LogP contribution in [0.5, 0.6) is 0 Å². The Kier molecular flexibility index (Phi) is 15.1. The summed E-state index contributed by atoms with van der Waals surface area (Å²) in [5, 5.41) is 25.8. The average Bonchev–Trinajstić information content (AvgIpc) is 4.12. The van der Waals surface area contributed by atoms with E-state index in [1.807, 2.05) is 48.5 Å². The third-order valence-corrected chi connectivity index (χ3v) is 10.3. The van der Waals surface area contributed by atoms with E-state index in [4.69, 9.17) is 19.9 Å². The molecule has 15 heteroatoms. The summed E-state index contributed by atoms with van der Waals surface area (Å²) in [6, 6.07) is 34.0. The molecule has 8 aromatic rings. The highest BCUT2D eigenvalue weighted by Crippen LogP contribution is 2.24. The summed E-state index contributed by atoms with van der Waals surface area (Å²) >= 11 is 3.37. The lowest BCUT2D eigenvalue weighted by Crippen LogP contribution is -2.24. The number of carbonyl (C=O) groups excluding carboxylic acids is 1. The molecule has 300 valence electrons. The second kappa shape index (κ2) is 21.2. The fraction of sp³-hybridized carbons (Fsp3) is 0.182. The summed E-state index contributed by atoms with van der Waals surface area (Å²) in [5.74, 6) is 0.733. The maximum Gasteiger partial charge on any atom is 0.335 e. The predicted molar refractivity (Wildman–Crippen MR) is 229 cm³/mol. The lowest BCUT2D eigenvalue weighted by molar-refractivity contribution is 0.0696. The van der Waals surface area contributed by atoms with E-state index in [-0.39, 0.29) is 11.5 Å². The molecule has 0 fully saturated rings. The number of carboxylic acid groups (broad SMARTS) is 1. The van der Waals surface area contributed by atoms with Crippen molar-refractivity contribution in [1.29, 1.82) is 0 Å². The van der Waals surface area contributed by atoms with Gasteiger partial charge in [-0.2, -0.15) is 9.97 Å². The number of nitrogens with zero attached hydrogens (tertiary/aromatic N) is 6. The molecule has 0 bridgehead atoms. The van der Waals surface area contributed by atoms with Crippen LogP contribution in [0.25, 0.3) is 45.3 Å². The molecule has 0 saturated carbocycles. The van der Waals surface area contributed by atoms with Crippen molar-refractivity contribution in [2.24, 2.45) is 5.73 Å². The molecule has 0 aliphatic rings. The van der Waals surface area contributed by atoms with Crippen LogP contribution >= 0.6 is 22.7 Å². The number of benzene rings is 4. The minimum Gasteiger partial charge on any atom is -0.478 e. The molecule has 0 radical (unpaired) electrons. The van der Waals surface area contributed by atoms with Gasteiger partial charge in [0.05, 0.1) is 27.0 Å². The zero-order valence-corrected chi connectivity index (χ0v) is 34.1. The van der Waals surface area contributed by atoms with Crippen LogP contribution in [0.15, 0.2) is 129 Å². The molecule has 0 unspecified atom stereocenters. The van der Waals surface area contributed by atoms with Crippen LogP contribution in [-0.4, -0.2) is 60.3 Å². The summed E-state index contributed by atoms with van der Waals surface area (Å²) in [7, 11) is 0. The molecule has 59 heavy (non-hydrogen) atoms. The summed E-state index contributed by atoms with van der Waals surface area (Å²) in [6.07, 6.45) is 3.67. The molecule has 0 aliphatic carbocycles. The maximum atomic E-state index is 12.4. The summed E-state index contributed by atoms with van der Waals surface area (Å²) in [5.41, 5.74) is 12.0. The summed E-state index contributed by atoms with van der Waals surface area (Å²) in [6.45, 7) is 4.74. The first-order valence-corrected chi connectivity index (χ1v) is 20.5. The Balaban J connectivity index is 0.000000164. The standard InChI is InChI=1S/C22H20N4O2S.C12H14N2S.C10H8N2O3/c1-15-24-21(26-28-15)17-9-5-10-18(13-17)22(27)23-12-6-11-20-25-19(14-29-20)16-7-3-2-4-8-16;13-8-4-7-12-14-11(9-15-12)10-5-2-1-3-6-10;1-6-11-9(12-15-6)7-3-2-4-8(5-7)10(13)14/h2-5,7-10,13-14H,6,11-12H2,1H3,(H,23,27);1-3,5-6,9H,4,7-8,13H2;2-5H,1H3,(H,13,14). The van der Waals surface area contributed by atoms with Crippen LogP contribution in [0.4, 0.5) is 0 Å². The Bertz CT molecular complexity index is 2550. The quantitative estimate of drug-likeness (QED) is 0.0935. The number of carbonyl (C=O) groups is 2. The molecule has 0 saturated heterocycles. The minimum absolute atomic E-state index is 0.115. The van der Waals surface area contributed by atoms with E-state index in [1.165, 1.54) is 22.7 Å². The number of carboxylic acids is 1. The molecule has 4 heterocycles. The fourth-order valence-electron chi connectivity index (χ4n) is 5.56. The molecule has 13 nitrogen and oxygen atoms in total. The first kappa shape index (κ1) is 41.9. The molecule has 0 aliphatic heterocycles. The largest absolute Gasteiger partial charge is 0.478 e. The van der Waals surface area contributed by atoms with Crippen molar-refractivity contribution in [3.8, 4) is 45.3 Å². The third-order valence-electron chi connectivity index (χ3n) is 8.50. The highest BCUT2D eigenvalue weighted by atomic mass is 32.1. The van der Waals surface area contributed by atoms with Crippen molar-refractivity contribution >= 4 is 34.6 Å². The topological polar surface area (TPSA) is 196 Å². The van der Waals surface area contributed by atoms with Gasteiger partial charge in [-0.25, -0.2) is 14.8 Å². The van der Waals surface area contributed by atoms with Crippen LogP contribution in [0.1, 0.15) is 55.4 Å². The van der Waals surface area contributed by atoms with Gasteiger partial charge in [-0.05, 0) is 43.7 Å². The van der Waals surface area contributed by atoms with Gasteiger partial charge < -0.3 is 25.2 Å². The number of hydrogen-bond acceptors (Lipinski definition) is 13. The van der Waals surface area contributed by atoms with E-state index in [1.54, 1.807) is 60.8 Å². The second-order valence-electron chi connectivity index (χ2n) is 13.0. The van der Waals surface area contributed by atoms with Crippen LogP contribution in [-0.2, 0) is 12.8 Å². The Morgan fingerprint density at radius 1 is 0.627 bits per heavy atom. The van der Waals surface area contributed by atoms with Crippen molar-refractivity contribution in [2.45, 2.75) is 39.5 Å². The molecular weight excluding hydrogens is 785 g/mol. The number of rotatable bonds is 13. The van der Waals surface area contributed by atoms with Crippen molar-refractivity contribution in [1.82, 2.24) is 35.6 Å². The molecule has 8 rings (SSSR count). The molecule has 1 amide bonds. The van der Waals surface area contributed by atoms with Gasteiger partial charge in [0.1, 0.15) is 0 Å². The van der Waals surface area contributed by atoms with E-state index in [9.17, 15) is 9.59 Å². The van der Waals surface area contributed by atoms with Gasteiger partial charge in [0.25, 0.3) is 5.91 Å². The van der Waals surface area contributed by atoms with Gasteiger partial charge in [0.15, 0.2) is 0 Å². The van der Waals surface area contributed by atoms with Crippen LogP contribution in [0.3, 0.4) is 0 Å². The Labute approximate surface area is 349 Å². The smallest absolute Gasteiger partial charge is 0.335 e. The number of thiazole rings is 2. The van der Waals surface area contributed by atoms with E-state index >= 15 is 0 Å². The first-order valence-electron chi connectivity index (χ1n) is 18.8. The third kappa shape index (κ3) is 12.4. The molecular formula is C44H42N8O5S2. The van der Waals surface area contributed by atoms with E-state index < -0.39 is 5.97 Å². The highest BCUT2D eigenvalue weighted by molar-refractivity contribution is 7.10. The number of aromatic nitrogens is 6. The molecule has 0 atom stereocenters. The minimum atomic E-state index is -0.975.